The number of benzene rings is 2. The number of nitrogens with zero attached hydrogens (tertiary/aromatic N) is 2. The minimum absolute atomic E-state index is 0.0897. The summed E-state index contributed by atoms with van der Waals surface area (Å²) in [5, 5.41) is 7.04. The van der Waals surface area contributed by atoms with Gasteiger partial charge < -0.3 is 20.4 Å². The lowest BCUT2D eigenvalue weighted by Crippen LogP contribution is -2.48. The van der Waals surface area contributed by atoms with Crippen molar-refractivity contribution in [3.63, 3.8) is 0 Å². The zero-order chi connectivity index (χ0) is 21.7. The Morgan fingerprint density at radius 3 is 2.30 bits per heavy atom. The molecule has 0 radical (unpaired) electrons. The second-order valence-corrected chi connectivity index (χ2v) is 8.22. The summed E-state index contributed by atoms with van der Waals surface area (Å²) in [7, 11) is 0. The lowest BCUT2D eigenvalue weighted by Gasteiger charge is -2.36. The molecular formula is C21H22Cl2N4O2S. The summed E-state index contributed by atoms with van der Waals surface area (Å²) in [5.41, 5.74) is 2.43. The fraction of sp³-hybridized carbons (Fsp3) is 0.286. The Morgan fingerprint density at radius 1 is 1.03 bits per heavy atom. The zero-order valence-corrected chi connectivity index (χ0v) is 18.8. The quantitative estimate of drug-likeness (QED) is 0.674. The van der Waals surface area contributed by atoms with Gasteiger partial charge in [-0.25, -0.2) is 0 Å². The maximum absolute atomic E-state index is 12.2. The number of hydrogen-bond donors (Lipinski definition) is 2. The van der Waals surface area contributed by atoms with E-state index in [0.29, 0.717) is 28.8 Å². The molecule has 1 aliphatic heterocycles. The molecule has 0 atom stereocenters. The molecule has 6 nitrogen and oxygen atoms in total. The van der Waals surface area contributed by atoms with Crippen molar-refractivity contribution in [3.8, 4) is 0 Å². The maximum atomic E-state index is 12.2. The first-order chi connectivity index (χ1) is 14.3. The third kappa shape index (κ3) is 6.08. The van der Waals surface area contributed by atoms with Crippen molar-refractivity contribution >= 4 is 63.7 Å². The predicted molar refractivity (Wildman–Crippen MR) is 125 cm³/mol. The number of anilines is 2. The summed E-state index contributed by atoms with van der Waals surface area (Å²) in [4.78, 5) is 27.6. The second kappa shape index (κ2) is 10.1. The molecule has 158 valence electrons. The van der Waals surface area contributed by atoms with Crippen molar-refractivity contribution in [2.45, 2.75) is 13.3 Å². The molecule has 9 heteroatoms. The maximum Gasteiger partial charge on any atom is 0.230 e. The van der Waals surface area contributed by atoms with Gasteiger partial charge in [0, 0.05) is 43.8 Å². The minimum atomic E-state index is -0.221. The number of thiocarbonyl (C=S) groups is 1. The van der Waals surface area contributed by atoms with Gasteiger partial charge in [-0.3, -0.25) is 9.59 Å². The minimum Gasteiger partial charge on any atom is -0.367 e. The average Bonchev–Trinajstić information content (AvgIpc) is 2.70. The Hall–Kier alpha value is -2.35. The standard InChI is InChI=1S/C21H22Cl2N4O2S/c1-14(28)26-8-10-27(11-9-26)19-7-6-17(13-18(19)23)24-21(30)25-20(29)12-15-2-4-16(22)5-3-15/h2-7,13H,8-12H2,1H3,(H2,24,25,29,30). The van der Waals surface area contributed by atoms with Crippen LogP contribution in [-0.4, -0.2) is 48.0 Å². The Labute approximate surface area is 191 Å². The topological polar surface area (TPSA) is 64.7 Å². The second-order valence-electron chi connectivity index (χ2n) is 6.96. The van der Waals surface area contributed by atoms with E-state index in [1.165, 1.54) is 0 Å². The van der Waals surface area contributed by atoms with E-state index < -0.39 is 0 Å². The van der Waals surface area contributed by atoms with Crippen molar-refractivity contribution in [1.82, 2.24) is 10.2 Å². The molecule has 2 N–H and O–H groups in total. The number of nitrogens with one attached hydrogen (secondary N) is 2. The van der Waals surface area contributed by atoms with Crippen LogP contribution in [0.2, 0.25) is 10.0 Å². The molecule has 2 aromatic rings. The molecule has 0 unspecified atom stereocenters. The lowest BCUT2D eigenvalue weighted by molar-refractivity contribution is -0.129. The van der Waals surface area contributed by atoms with Crippen LogP contribution in [0, 0.1) is 0 Å². The van der Waals surface area contributed by atoms with Gasteiger partial charge >= 0.3 is 0 Å². The van der Waals surface area contributed by atoms with E-state index in [-0.39, 0.29) is 23.3 Å². The highest BCUT2D eigenvalue weighted by atomic mass is 35.5. The molecule has 0 saturated carbocycles. The number of piperazine rings is 1. The van der Waals surface area contributed by atoms with E-state index in [4.69, 9.17) is 35.4 Å². The lowest BCUT2D eigenvalue weighted by atomic mass is 10.1. The number of carbonyl (C=O) groups excluding carboxylic acids is 2. The van der Waals surface area contributed by atoms with E-state index in [1.54, 1.807) is 37.3 Å². The summed E-state index contributed by atoms with van der Waals surface area (Å²) in [6.45, 7) is 4.39. The molecule has 1 fully saturated rings. The predicted octanol–water partition coefficient (Wildman–Crippen LogP) is 3.72. The number of halogens is 2. The number of rotatable bonds is 4. The SMILES string of the molecule is CC(=O)N1CCN(c2ccc(NC(=S)NC(=O)Cc3ccc(Cl)cc3)cc2Cl)CC1. The molecule has 3 rings (SSSR count). The monoisotopic (exact) mass is 464 g/mol. The first-order valence-electron chi connectivity index (χ1n) is 9.47. The molecule has 1 saturated heterocycles. The summed E-state index contributed by atoms with van der Waals surface area (Å²) in [6.07, 6.45) is 0.199. The molecule has 0 aliphatic carbocycles. The zero-order valence-electron chi connectivity index (χ0n) is 16.5. The largest absolute Gasteiger partial charge is 0.367 e. The van der Waals surface area contributed by atoms with Crippen LogP contribution in [0.4, 0.5) is 11.4 Å². The van der Waals surface area contributed by atoms with E-state index >= 15 is 0 Å². The molecule has 0 spiro atoms. The van der Waals surface area contributed by atoms with Crippen molar-refractivity contribution in [2.75, 3.05) is 36.4 Å². The van der Waals surface area contributed by atoms with Gasteiger partial charge in [-0.15, -0.1) is 0 Å². The normalized spacial score (nSPS) is 13.7. The van der Waals surface area contributed by atoms with Crippen LogP contribution in [-0.2, 0) is 16.0 Å². The Kier molecular flexibility index (Phi) is 7.53. The highest BCUT2D eigenvalue weighted by Gasteiger charge is 2.20. The highest BCUT2D eigenvalue weighted by molar-refractivity contribution is 7.80. The molecule has 1 aliphatic rings. The Bertz CT molecular complexity index is 945. The van der Waals surface area contributed by atoms with Gasteiger partial charge in [0.1, 0.15) is 0 Å². The third-order valence-corrected chi connectivity index (χ3v) is 5.56. The number of carbonyl (C=O) groups is 2. The summed E-state index contributed by atoms with van der Waals surface area (Å²) < 4.78 is 0. The van der Waals surface area contributed by atoms with Gasteiger partial charge in [-0.2, -0.15) is 0 Å². The molecule has 0 aromatic heterocycles. The van der Waals surface area contributed by atoms with Crippen LogP contribution < -0.4 is 15.5 Å². The van der Waals surface area contributed by atoms with Gasteiger partial charge in [0.05, 0.1) is 17.1 Å². The van der Waals surface area contributed by atoms with E-state index in [9.17, 15) is 9.59 Å². The van der Waals surface area contributed by atoms with Crippen LogP contribution in [0.1, 0.15) is 12.5 Å². The summed E-state index contributed by atoms with van der Waals surface area (Å²) in [6, 6.07) is 12.6. The van der Waals surface area contributed by atoms with Crippen LogP contribution in [0.25, 0.3) is 0 Å². The average molecular weight is 465 g/mol. The van der Waals surface area contributed by atoms with Crippen LogP contribution in [0.5, 0.6) is 0 Å². The molecule has 2 aromatic carbocycles. The number of amides is 2. The first-order valence-corrected chi connectivity index (χ1v) is 10.6. The summed E-state index contributed by atoms with van der Waals surface area (Å²) >= 11 is 17.6. The van der Waals surface area contributed by atoms with Crippen LogP contribution in [0.15, 0.2) is 42.5 Å². The van der Waals surface area contributed by atoms with Crippen molar-refractivity contribution in [3.05, 3.63) is 58.1 Å². The van der Waals surface area contributed by atoms with E-state index in [1.807, 2.05) is 17.0 Å². The smallest absolute Gasteiger partial charge is 0.230 e. The Balaban J connectivity index is 1.53. The van der Waals surface area contributed by atoms with Gasteiger partial charge in [0.2, 0.25) is 11.8 Å². The van der Waals surface area contributed by atoms with Crippen LogP contribution >= 0.6 is 35.4 Å². The van der Waals surface area contributed by atoms with Crippen molar-refractivity contribution in [1.29, 1.82) is 0 Å². The number of hydrogen-bond acceptors (Lipinski definition) is 4. The molecule has 1 heterocycles. The van der Waals surface area contributed by atoms with Gasteiger partial charge in [-0.05, 0) is 48.1 Å². The molecular weight excluding hydrogens is 443 g/mol. The highest BCUT2D eigenvalue weighted by Crippen LogP contribution is 2.29. The molecule has 30 heavy (non-hydrogen) atoms. The van der Waals surface area contributed by atoms with Gasteiger partial charge in [0.15, 0.2) is 5.11 Å². The fourth-order valence-electron chi connectivity index (χ4n) is 3.22. The van der Waals surface area contributed by atoms with Gasteiger partial charge in [0.25, 0.3) is 0 Å². The van der Waals surface area contributed by atoms with Crippen molar-refractivity contribution in [2.24, 2.45) is 0 Å². The molecule has 0 bridgehead atoms. The van der Waals surface area contributed by atoms with E-state index in [0.717, 1.165) is 24.3 Å². The summed E-state index contributed by atoms with van der Waals surface area (Å²) in [5.74, 6) is -0.132. The first kappa shape index (κ1) is 22.3. The third-order valence-electron chi connectivity index (χ3n) is 4.80. The van der Waals surface area contributed by atoms with E-state index in [2.05, 4.69) is 15.5 Å². The Morgan fingerprint density at radius 2 is 1.70 bits per heavy atom. The van der Waals surface area contributed by atoms with Crippen LogP contribution in [0.3, 0.4) is 0 Å². The fourth-order valence-corrected chi connectivity index (χ4v) is 3.88. The van der Waals surface area contributed by atoms with Gasteiger partial charge in [-0.1, -0.05) is 35.3 Å². The van der Waals surface area contributed by atoms with Crippen molar-refractivity contribution < 1.29 is 9.59 Å². The molecule has 2 amide bonds.